The number of benzene rings is 3. The Morgan fingerprint density at radius 3 is 1.73 bits per heavy atom. The smallest absolute Gasteiger partial charge is 0.338 e. The van der Waals surface area contributed by atoms with E-state index >= 15 is 4.39 Å². The SMILES string of the molecule is O=C1OC(COCc2ccccc2)[C@@H](F)C(OCc2ccccc2)[C@H]1OCc1ccccc1. The third-order valence-corrected chi connectivity index (χ3v) is 5.42. The first-order valence-electron chi connectivity index (χ1n) is 11.0. The molecule has 4 atom stereocenters. The van der Waals surface area contributed by atoms with Crippen LogP contribution in [-0.2, 0) is 43.6 Å². The Labute approximate surface area is 193 Å². The molecule has 3 aromatic rings. The van der Waals surface area contributed by atoms with E-state index in [9.17, 15) is 4.79 Å². The van der Waals surface area contributed by atoms with E-state index in [4.69, 9.17) is 18.9 Å². The van der Waals surface area contributed by atoms with Crippen LogP contribution in [0.4, 0.5) is 4.39 Å². The summed E-state index contributed by atoms with van der Waals surface area (Å²) >= 11 is 0. The van der Waals surface area contributed by atoms with E-state index < -0.39 is 30.5 Å². The fourth-order valence-electron chi connectivity index (χ4n) is 3.66. The van der Waals surface area contributed by atoms with E-state index in [0.29, 0.717) is 6.61 Å². The van der Waals surface area contributed by atoms with Crippen LogP contribution in [0.5, 0.6) is 0 Å². The van der Waals surface area contributed by atoms with Gasteiger partial charge in [0.05, 0.1) is 26.4 Å². The molecule has 0 N–H and O–H groups in total. The summed E-state index contributed by atoms with van der Waals surface area (Å²) < 4.78 is 38.2. The van der Waals surface area contributed by atoms with E-state index in [1.807, 2.05) is 91.0 Å². The number of carbonyl (C=O) groups is 1. The molecule has 3 aromatic carbocycles. The van der Waals surface area contributed by atoms with Gasteiger partial charge in [-0.3, -0.25) is 0 Å². The first-order chi connectivity index (χ1) is 16.2. The van der Waals surface area contributed by atoms with Crippen LogP contribution in [0.3, 0.4) is 0 Å². The van der Waals surface area contributed by atoms with Gasteiger partial charge in [0.15, 0.2) is 18.4 Å². The molecule has 2 unspecified atom stereocenters. The van der Waals surface area contributed by atoms with Crippen molar-refractivity contribution in [2.75, 3.05) is 6.61 Å². The lowest BCUT2D eigenvalue weighted by atomic mass is 10.0. The molecule has 6 heteroatoms. The van der Waals surface area contributed by atoms with Crippen LogP contribution in [-0.4, -0.2) is 37.1 Å². The molecule has 0 spiro atoms. The Bertz CT molecular complexity index is 983. The number of carbonyl (C=O) groups excluding carboxylic acids is 1. The highest BCUT2D eigenvalue weighted by molar-refractivity contribution is 5.77. The Kier molecular flexibility index (Phi) is 8.19. The highest BCUT2D eigenvalue weighted by Gasteiger charge is 2.48. The van der Waals surface area contributed by atoms with Crippen molar-refractivity contribution in [3.63, 3.8) is 0 Å². The summed E-state index contributed by atoms with van der Waals surface area (Å²) in [6.07, 6.45) is -4.95. The molecule has 1 heterocycles. The molecule has 1 fully saturated rings. The van der Waals surface area contributed by atoms with Gasteiger partial charge >= 0.3 is 5.97 Å². The Hall–Kier alpha value is -3.06. The molecule has 1 aliphatic rings. The summed E-state index contributed by atoms with van der Waals surface area (Å²) in [7, 11) is 0. The molecule has 1 aliphatic heterocycles. The van der Waals surface area contributed by atoms with Crippen molar-refractivity contribution in [2.24, 2.45) is 0 Å². The van der Waals surface area contributed by atoms with Gasteiger partial charge in [0.2, 0.25) is 0 Å². The maximum atomic E-state index is 15.5. The van der Waals surface area contributed by atoms with Crippen molar-refractivity contribution in [1.29, 1.82) is 0 Å². The molecule has 1 saturated heterocycles. The Morgan fingerprint density at radius 1 is 0.697 bits per heavy atom. The van der Waals surface area contributed by atoms with Gasteiger partial charge in [-0.2, -0.15) is 0 Å². The predicted molar refractivity (Wildman–Crippen MR) is 121 cm³/mol. The van der Waals surface area contributed by atoms with E-state index in [0.717, 1.165) is 16.7 Å². The molecule has 4 rings (SSSR count). The number of hydrogen-bond donors (Lipinski definition) is 0. The Morgan fingerprint density at radius 2 is 1.18 bits per heavy atom. The van der Waals surface area contributed by atoms with Crippen molar-refractivity contribution in [2.45, 2.75) is 44.3 Å². The zero-order valence-corrected chi connectivity index (χ0v) is 18.2. The van der Waals surface area contributed by atoms with Crippen LogP contribution in [0.25, 0.3) is 0 Å². The second kappa shape index (κ2) is 11.7. The van der Waals surface area contributed by atoms with Crippen molar-refractivity contribution in [1.82, 2.24) is 0 Å². The van der Waals surface area contributed by atoms with E-state index in [1.54, 1.807) is 0 Å². The standard InChI is InChI=1S/C27H27FO5/c28-24-23(19-30-16-20-10-4-1-5-11-20)33-27(29)26(32-18-22-14-8-3-9-15-22)25(24)31-17-21-12-6-2-7-13-21/h1-15,23-26H,16-19H2/t23?,24-,25?,26-/m1/s1. The van der Waals surface area contributed by atoms with Crippen LogP contribution in [0, 0.1) is 0 Å². The molecular weight excluding hydrogens is 423 g/mol. The molecule has 0 aliphatic carbocycles. The molecule has 0 saturated carbocycles. The van der Waals surface area contributed by atoms with Crippen LogP contribution in [0.15, 0.2) is 91.0 Å². The molecule has 0 bridgehead atoms. The zero-order chi connectivity index (χ0) is 22.9. The molecule has 33 heavy (non-hydrogen) atoms. The number of hydrogen-bond acceptors (Lipinski definition) is 5. The van der Waals surface area contributed by atoms with Gasteiger partial charge in [0, 0.05) is 0 Å². The maximum Gasteiger partial charge on any atom is 0.338 e. The quantitative estimate of drug-likeness (QED) is 0.422. The number of esters is 1. The van der Waals surface area contributed by atoms with Crippen molar-refractivity contribution in [3.8, 4) is 0 Å². The third-order valence-electron chi connectivity index (χ3n) is 5.42. The topological polar surface area (TPSA) is 54.0 Å². The average Bonchev–Trinajstić information content (AvgIpc) is 2.86. The molecule has 0 radical (unpaired) electrons. The van der Waals surface area contributed by atoms with Crippen molar-refractivity contribution < 1.29 is 28.1 Å². The fraction of sp³-hybridized carbons (Fsp3) is 0.296. The number of halogens is 1. The summed E-state index contributed by atoms with van der Waals surface area (Å²) in [5.74, 6) is -0.647. The minimum Gasteiger partial charge on any atom is -0.455 e. The predicted octanol–water partition coefficient (Wildman–Crippen LogP) is 4.64. The van der Waals surface area contributed by atoms with Crippen molar-refractivity contribution in [3.05, 3.63) is 108 Å². The van der Waals surface area contributed by atoms with E-state index in [1.165, 1.54) is 0 Å². The van der Waals surface area contributed by atoms with Crippen LogP contribution in [0.2, 0.25) is 0 Å². The largest absolute Gasteiger partial charge is 0.455 e. The third kappa shape index (κ3) is 6.48. The number of ether oxygens (including phenoxy) is 4. The summed E-state index contributed by atoms with van der Waals surface area (Å²) in [5, 5.41) is 0. The van der Waals surface area contributed by atoms with Gasteiger partial charge in [-0.1, -0.05) is 91.0 Å². The first kappa shape index (κ1) is 23.1. The van der Waals surface area contributed by atoms with Crippen LogP contribution >= 0.6 is 0 Å². The lowest BCUT2D eigenvalue weighted by Crippen LogP contribution is -2.57. The van der Waals surface area contributed by atoms with E-state index in [2.05, 4.69) is 0 Å². The number of rotatable bonds is 10. The van der Waals surface area contributed by atoms with Crippen molar-refractivity contribution >= 4 is 5.97 Å². The van der Waals surface area contributed by atoms with Gasteiger partial charge in [-0.25, -0.2) is 9.18 Å². The highest BCUT2D eigenvalue weighted by Crippen LogP contribution is 2.27. The molecule has 5 nitrogen and oxygen atoms in total. The monoisotopic (exact) mass is 450 g/mol. The minimum absolute atomic E-state index is 0.0710. The lowest BCUT2D eigenvalue weighted by molar-refractivity contribution is -0.217. The van der Waals surface area contributed by atoms with Gasteiger partial charge in [0.25, 0.3) is 0 Å². The second-order valence-corrected chi connectivity index (χ2v) is 7.90. The normalized spacial score (nSPS) is 22.6. The summed E-state index contributed by atoms with van der Waals surface area (Å²) in [6.45, 7) is 0.527. The summed E-state index contributed by atoms with van der Waals surface area (Å²) in [5.41, 5.74) is 2.70. The molecule has 172 valence electrons. The zero-order valence-electron chi connectivity index (χ0n) is 18.2. The number of cyclic esters (lactones) is 1. The van der Waals surface area contributed by atoms with Crippen LogP contribution in [0.1, 0.15) is 16.7 Å². The first-order valence-corrected chi connectivity index (χ1v) is 11.0. The van der Waals surface area contributed by atoms with E-state index in [-0.39, 0.29) is 19.8 Å². The lowest BCUT2D eigenvalue weighted by Gasteiger charge is -2.37. The summed E-state index contributed by atoms with van der Waals surface area (Å²) in [6, 6.07) is 28.4. The van der Waals surface area contributed by atoms with Gasteiger partial charge in [-0.15, -0.1) is 0 Å². The van der Waals surface area contributed by atoms with Gasteiger partial charge < -0.3 is 18.9 Å². The van der Waals surface area contributed by atoms with Gasteiger partial charge in [0.1, 0.15) is 6.10 Å². The molecule has 0 amide bonds. The maximum absolute atomic E-state index is 15.5. The fourth-order valence-corrected chi connectivity index (χ4v) is 3.66. The van der Waals surface area contributed by atoms with Gasteiger partial charge in [-0.05, 0) is 16.7 Å². The van der Waals surface area contributed by atoms with Crippen LogP contribution < -0.4 is 0 Å². The second-order valence-electron chi connectivity index (χ2n) is 7.90. The minimum atomic E-state index is -1.59. The summed E-state index contributed by atoms with van der Waals surface area (Å²) in [4.78, 5) is 12.8. The highest BCUT2D eigenvalue weighted by atomic mass is 19.1. The molecular formula is C27H27FO5. The average molecular weight is 451 g/mol. The number of alkyl halides is 1. The molecule has 0 aromatic heterocycles. The Balaban J connectivity index is 1.42.